The smallest absolute Gasteiger partial charge is 0.340 e. The van der Waals surface area contributed by atoms with Crippen molar-refractivity contribution in [2.75, 3.05) is 11.4 Å². The Morgan fingerprint density at radius 3 is 2.76 bits per heavy atom. The third-order valence-corrected chi connectivity index (χ3v) is 4.37. The van der Waals surface area contributed by atoms with Crippen LogP contribution in [0, 0.1) is 12.7 Å². The lowest BCUT2D eigenvalue weighted by atomic mass is 10.0. The van der Waals surface area contributed by atoms with E-state index in [4.69, 9.17) is 0 Å². The van der Waals surface area contributed by atoms with Gasteiger partial charge in [0.05, 0.1) is 0 Å². The lowest BCUT2D eigenvalue weighted by Crippen LogP contribution is -2.38. The first-order valence-electron chi connectivity index (χ1n) is 7.64. The lowest BCUT2D eigenvalue weighted by Gasteiger charge is -2.32. The molecule has 1 unspecified atom stereocenters. The number of rotatable bonds is 2. The molecule has 0 saturated heterocycles. The molecule has 0 fully saturated rings. The molecular formula is C16H13F4N5. The minimum absolute atomic E-state index is 0.136. The third kappa shape index (κ3) is 2.50. The summed E-state index contributed by atoms with van der Waals surface area (Å²) < 4.78 is 56.5. The molecule has 1 aliphatic heterocycles. The molecule has 0 spiro atoms. The Kier molecular flexibility index (Phi) is 3.41. The SMILES string of the molecule is Cc1nc2ncnn2c2c1CCN2C(c1cccc(F)c1)C(F)(F)F. The van der Waals surface area contributed by atoms with Crippen LogP contribution in [-0.4, -0.2) is 32.3 Å². The fraction of sp³-hybridized carbons (Fsp3) is 0.312. The highest BCUT2D eigenvalue weighted by Crippen LogP contribution is 2.44. The summed E-state index contributed by atoms with van der Waals surface area (Å²) in [7, 11) is 0. The van der Waals surface area contributed by atoms with Crippen molar-refractivity contribution in [2.45, 2.75) is 25.6 Å². The number of fused-ring (bicyclic) bond motifs is 3. The average Bonchev–Trinajstić information content (AvgIpc) is 3.13. The zero-order valence-electron chi connectivity index (χ0n) is 13.1. The van der Waals surface area contributed by atoms with Crippen molar-refractivity contribution in [1.82, 2.24) is 19.6 Å². The van der Waals surface area contributed by atoms with E-state index in [-0.39, 0.29) is 17.9 Å². The first kappa shape index (κ1) is 15.8. The molecule has 1 aliphatic rings. The van der Waals surface area contributed by atoms with E-state index in [2.05, 4.69) is 15.1 Å². The van der Waals surface area contributed by atoms with Crippen LogP contribution in [0.5, 0.6) is 0 Å². The second kappa shape index (κ2) is 5.40. The Balaban J connectivity index is 1.92. The van der Waals surface area contributed by atoms with Crippen LogP contribution in [0.2, 0.25) is 0 Å². The topological polar surface area (TPSA) is 46.3 Å². The van der Waals surface area contributed by atoms with Gasteiger partial charge in [-0.05, 0) is 31.0 Å². The minimum Gasteiger partial charge on any atom is -0.340 e. The summed E-state index contributed by atoms with van der Waals surface area (Å²) in [6.07, 6.45) is -2.92. The molecule has 3 heterocycles. The van der Waals surface area contributed by atoms with E-state index in [1.165, 1.54) is 27.9 Å². The number of alkyl halides is 3. The molecule has 0 bridgehead atoms. The van der Waals surface area contributed by atoms with Gasteiger partial charge in [0.25, 0.3) is 5.78 Å². The number of anilines is 1. The van der Waals surface area contributed by atoms with Gasteiger partial charge in [-0.1, -0.05) is 12.1 Å². The van der Waals surface area contributed by atoms with Gasteiger partial charge in [0.2, 0.25) is 0 Å². The van der Waals surface area contributed by atoms with E-state index in [0.717, 1.165) is 12.1 Å². The van der Waals surface area contributed by atoms with Crippen LogP contribution < -0.4 is 4.90 Å². The number of halogens is 4. The standard InChI is InChI=1S/C16H13F4N5/c1-9-12-5-6-24(14(12)25-15(23-9)21-8-22-25)13(16(18,19)20)10-3-2-4-11(17)7-10/h2-4,7-8,13H,5-6H2,1H3. The fourth-order valence-electron chi connectivity index (χ4n) is 3.37. The molecule has 1 aromatic carbocycles. The molecule has 2 aromatic heterocycles. The maximum Gasteiger partial charge on any atom is 0.413 e. The summed E-state index contributed by atoms with van der Waals surface area (Å²) in [5.74, 6) is -0.155. The fourth-order valence-corrected chi connectivity index (χ4v) is 3.37. The maximum absolute atomic E-state index is 13.9. The van der Waals surface area contributed by atoms with E-state index in [9.17, 15) is 17.6 Å². The van der Waals surface area contributed by atoms with Gasteiger partial charge in [-0.2, -0.15) is 27.8 Å². The van der Waals surface area contributed by atoms with E-state index < -0.39 is 18.0 Å². The number of aryl methyl sites for hydroxylation is 1. The monoisotopic (exact) mass is 351 g/mol. The van der Waals surface area contributed by atoms with Crippen molar-refractivity contribution in [2.24, 2.45) is 0 Å². The molecule has 0 radical (unpaired) electrons. The molecule has 1 atom stereocenters. The molecule has 0 N–H and O–H groups in total. The van der Waals surface area contributed by atoms with Crippen molar-refractivity contribution in [3.63, 3.8) is 0 Å². The summed E-state index contributed by atoms with van der Waals surface area (Å²) in [4.78, 5) is 9.45. The number of benzene rings is 1. The van der Waals surface area contributed by atoms with Crippen LogP contribution in [0.4, 0.5) is 23.4 Å². The summed E-state index contributed by atoms with van der Waals surface area (Å²) in [5, 5.41) is 4.02. The van der Waals surface area contributed by atoms with Gasteiger partial charge < -0.3 is 4.90 Å². The Labute approximate surface area is 139 Å². The first-order valence-corrected chi connectivity index (χ1v) is 7.64. The van der Waals surface area contributed by atoms with Gasteiger partial charge in [0.15, 0.2) is 6.04 Å². The quantitative estimate of drug-likeness (QED) is 0.665. The van der Waals surface area contributed by atoms with Crippen molar-refractivity contribution < 1.29 is 17.6 Å². The molecular weight excluding hydrogens is 338 g/mol. The van der Waals surface area contributed by atoms with Gasteiger partial charge in [-0.15, -0.1) is 0 Å². The molecule has 3 aromatic rings. The molecule has 0 saturated carbocycles. The third-order valence-electron chi connectivity index (χ3n) is 4.37. The van der Waals surface area contributed by atoms with Gasteiger partial charge in [-0.3, -0.25) is 0 Å². The van der Waals surface area contributed by atoms with Gasteiger partial charge in [0.1, 0.15) is 18.0 Å². The van der Waals surface area contributed by atoms with Crippen molar-refractivity contribution in [3.8, 4) is 0 Å². The summed E-state index contributed by atoms with van der Waals surface area (Å²) in [6.45, 7) is 1.87. The summed E-state index contributed by atoms with van der Waals surface area (Å²) >= 11 is 0. The van der Waals surface area contributed by atoms with Crippen LogP contribution >= 0.6 is 0 Å². The van der Waals surface area contributed by atoms with Crippen LogP contribution in [0.25, 0.3) is 5.78 Å². The number of hydrogen-bond acceptors (Lipinski definition) is 4. The van der Waals surface area contributed by atoms with Gasteiger partial charge in [-0.25, -0.2) is 9.37 Å². The van der Waals surface area contributed by atoms with E-state index in [1.807, 2.05) is 0 Å². The Bertz CT molecular complexity index is 949. The molecule has 9 heteroatoms. The molecule has 130 valence electrons. The molecule has 5 nitrogen and oxygen atoms in total. The number of hydrogen-bond donors (Lipinski definition) is 0. The van der Waals surface area contributed by atoms with E-state index >= 15 is 0 Å². The van der Waals surface area contributed by atoms with Crippen molar-refractivity contribution in [1.29, 1.82) is 0 Å². The maximum atomic E-state index is 13.9. The normalized spacial score (nSPS) is 15.6. The predicted molar refractivity (Wildman–Crippen MR) is 81.8 cm³/mol. The highest BCUT2D eigenvalue weighted by molar-refractivity contribution is 5.60. The highest BCUT2D eigenvalue weighted by Gasteiger charge is 2.47. The predicted octanol–water partition coefficient (Wildman–Crippen LogP) is 3.24. The zero-order valence-corrected chi connectivity index (χ0v) is 13.1. The van der Waals surface area contributed by atoms with Crippen LogP contribution in [-0.2, 0) is 6.42 Å². The second-order valence-corrected chi connectivity index (χ2v) is 5.91. The Morgan fingerprint density at radius 1 is 1.24 bits per heavy atom. The van der Waals surface area contributed by atoms with Crippen molar-refractivity contribution >= 4 is 11.6 Å². The minimum atomic E-state index is -4.58. The van der Waals surface area contributed by atoms with Gasteiger partial charge in [0, 0.05) is 17.8 Å². The largest absolute Gasteiger partial charge is 0.413 e. The molecule has 0 aliphatic carbocycles. The van der Waals surface area contributed by atoms with Gasteiger partial charge >= 0.3 is 6.18 Å². The van der Waals surface area contributed by atoms with Crippen molar-refractivity contribution in [3.05, 3.63) is 53.2 Å². The van der Waals surface area contributed by atoms with Crippen LogP contribution in [0.3, 0.4) is 0 Å². The van der Waals surface area contributed by atoms with Crippen LogP contribution in [0.15, 0.2) is 30.6 Å². The molecule has 0 amide bonds. The van der Waals surface area contributed by atoms with Crippen LogP contribution in [0.1, 0.15) is 22.9 Å². The van der Waals surface area contributed by atoms with E-state index in [1.54, 1.807) is 6.92 Å². The first-order chi connectivity index (χ1) is 11.9. The highest BCUT2D eigenvalue weighted by atomic mass is 19.4. The Morgan fingerprint density at radius 2 is 2.04 bits per heavy atom. The van der Waals surface area contributed by atoms with E-state index in [0.29, 0.717) is 23.5 Å². The summed E-state index contributed by atoms with van der Waals surface area (Å²) in [5.41, 5.74) is 1.17. The molecule has 25 heavy (non-hydrogen) atoms. The molecule has 4 rings (SSSR count). The zero-order chi connectivity index (χ0) is 17.8. The average molecular weight is 351 g/mol. The summed E-state index contributed by atoms with van der Waals surface area (Å²) in [6, 6.07) is 2.63. The second-order valence-electron chi connectivity index (χ2n) is 5.91. The Hall–Kier alpha value is -2.71. The number of nitrogens with zero attached hydrogens (tertiary/aromatic N) is 5. The lowest BCUT2D eigenvalue weighted by molar-refractivity contribution is -0.150. The number of aromatic nitrogens is 4.